The lowest BCUT2D eigenvalue weighted by molar-refractivity contribution is 0.0950. The first-order valence-electron chi connectivity index (χ1n) is 5.90. The number of alkyl halides is 1. The van der Waals surface area contributed by atoms with E-state index in [4.69, 9.17) is 11.6 Å². The minimum atomic E-state index is -0.216. The van der Waals surface area contributed by atoms with Crippen molar-refractivity contribution in [3.05, 3.63) is 65.2 Å². The summed E-state index contributed by atoms with van der Waals surface area (Å²) in [5.41, 5.74) is 2.45. The summed E-state index contributed by atoms with van der Waals surface area (Å²) in [6.07, 6.45) is 0. The number of hydrogen-bond acceptors (Lipinski definition) is 2. The standard InChI is InChI=1S/C15H14ClNO2/c16-9-11-3-1-4-12(7-11)10-17-15(19)13-5-2-6-14(18)8-13/h1-8,18H,9-10H2,(H,17,19). The second-order valence-electron chi connectivity index (χ2n) is 4.19. The molecule has 3 nitrogen and oxygen atoms in total. The van der Waals surface area contributed by atoms with Crippen molar-refractivity contribution >= 4 is 17.5 Å². The van der Waals surface area contributed by atoms with E-state index in [-0.39, 0.29) is 11.7 Å². The Bertz CT molecular complexity index is 584. The number of aromatic hydroxyl groups is 1. The Labute approximate surface area is 116 Å². The molecule has 4 heteroatoms. The molecule has 98 valence electrons. The largest absolute Gasteiger partial charge is 0.508 e. The first-order chi connectivity index (χ1) is 9.19. The number of hydrogen-bond donors (Lipinski definition) is 2. The van der Waals surface area contributed by atoms with Gasteiger partial charge in [-0.25, -0.2) is 0 Å². The van der Waals surface area contributed by atoms with Gasteiger partial charge in [-0.15, -0.1) is 11.6 Å². The minimum Gasteiger partial charge on any atom is -0.508 e. The lowest BCUT2D eigenvalue weighted by atomic mass is 10.1. The van der Waals surface area contributed by atoms with E-state index < -0.39 is 0 Å². The van der Waals surface area contributed by atoms with Gasteiger partial charge in [-0.1, -0.05) is 30.3 Å². The van der Waals surface area contributed by atoms with Crippen LogP contribution in [0.4, 0.5) is 0 Å². The van der Waals surface area contributed by atoms with E-state index in [9.17, 15) is 9.90 Å². The van der Waals surface area contributed by atoms with Gasteiger partial charge in [-0.3, -0.25) is 4.79 Å². The summed E-state index contributed by atoms with van der Waals surface area (Å²) >= 11 is 5.76. The van der Waals surface area contributed by atoms with Crippen molar-refractivity contribution in [1.29, 1.82) is 0 Å². The number of benzene rings is 2. The molecule has 0 saturated heterocycles. The lowest BCUT2D eigenvalue weighted by Crippen LogP contribution is -2.22. The number of carbonyl (C=O) groups excluding carboxylic acids is 1. The molecule has 2 rings (SSSR count). The monoisotopic (exact) mass is 275 g/mol. The zero-order valence-corrected chi connectivity index (χ0v) is 11.0. The van der Waals surface area contributed by atoms with Gasteiger partial charge in [-0.2, -0.15) is 0 Å². The molecule has 2 N–H and O–H groups in total. The van der Waals surface area contributed by atoms with E-state index in [1.165, 1.54) is 12.1 Å². The summed E-state index contributed by atoms with van der Waals surface area (Å²) in [6.45, 7) is 0.430. The number of phenols is 1. The number of amides is 1. The highest BCUT2D eigenvalue weighted by Crippen LogP contribution is 2.11. The Balaban J connectivity index is 2.00. The molecule has 0 unspecified atom stereocenters. The maximum Gasteiger partial charge on any atom is 0.251 e. The van der Waals surface area contributed by atoms with Gasteiger partial charge in [0.1, 0.15) is 5.75 Å². The predicted molar refractivity (Wildman–Crippen MR) is 75.3 cm³/mol. The highest BCUT2D eigenvalue weighted by atomic mass is 35.5. The SMILES string of the molecule is O=C(NCc1cccc(CCl)c1)c1cccc(O)c1. The van der Waals surface area contributed by atoms with Crippen LogP contribution in [0.5, 0.6) is 5.75 Å². The van der Waals surface area contributed by atoms with Gasteiger partial charge in [0.2, 0.25) is 0 Å². The second kappa shape index (κ2) is 6.25. The molecule has 0 radical (unpaired) electrons. The van der Waals surface area contributed by atoms with Gasteiger partial charge in [0.05, 0.1) is 0 Å². The van der Waals surface area contributed by atoms with Crippen molar-refractivity contribution in [2.45, 2.75) is 12.4 Å². The molecular formula is C15H14ClNO2. The van der Waals surface area contributed by atoms with Crippen molar-refractivity contribution in [3.63, 3.8) is 0 Å². The van der Waals surface area contributed by atoms with Crippen LogP contribution < -0.4 is 5.32 Å². The van der Waals surface area contributed by atoms with E-state index in [1.54, 1.807) is 12.1 Å². The normalized spacial score (nSPS) is 10.2. The Morgan fingerprint density at radius 1 is 1.11 bits per heavy atom. The topological polar surface area (TPSA) is 49.3 Å². The number of nitrogens with one attached hydrogen (secondary N) is 1. The summed E-state index contributed by atoms with van der Waals surface area (Å²) in [4.78, 5) is 11.9. The van der Waals surface area contributed by atoms with Crippen LogP contribution in [0, 0.1) is 0 Å². The highest BCUT2D eigenvalue weighted by Gasteiger charge is 2.05. The van der Waals surface area contributed by atoms with Crippen molar-refractivity contribution in [2.75, 3.05) is 0 Å². The lowest BCUT2D eigenvalue weighted by Gasteiger charge is -2.06. The van der Waals surface area contributed by atoms with Gasteiger partial charge in [0, 0.05) is 18.0 Å². The van der Waals surface area contributed by atoms with Crippen LogP contribution in [0.15, 0.2) is 48.5 Å². The molecule has 0 atom stereocenters. The molecule has 19 heavy (non-hydrogen) atoms. The zero-order chi connectivity index (χ0) is 13.7. The number of halogens is 1. The molecule has 0 aromatic heterocycles. The van der Waals surface area contributed by atoms with Crippen molar-refractivity contribution in [3.8, 4) is 5.75 Å². The first-order valence-corrected chi connectivity index (χ1v) is 6.43. The molecule has 0 spiro atoms. The zero-order valence-electron chi connectivity index (χ0n) is 10.3. The highest BCUT2D eigenvalue weighted by molar-refractivity contribution is 6.17. The fourth-order valence-electron chi connectivity index (χ4n) is 1.75. The predicted octanol–water partition coefficient (Wildman–Crippen LogP) is 3.06. The Morgan fingerprint density at radius 2 is 1.84 bits per heavy atom. The Kier molecular flexibility index (Phi) is 4.42. The van der Waals surface area contributed by atoms with Crippen LogP contribution in [0.2, 0.25) is 0 Å². The third-order valence-corrected chi connectivity index (χ3v) is 3.02. The smallest absolute Gasteiger partial charge is 0.251 e. The van der Waals surface area contributed by atoms with Crippen LogP contribution in [-0.2, 0) is 12.4 Å². The fraction of sp³-hybridized carbons (Fsp3) is 0.133. The van der Waals surface area contributed by atoms with Crippen LogP contribution in [-0.4, -0.2) is 11.0 Å². The molecule has 0 saturated carbocycles. The quantitative estimate of drug-likeness (QED) is 0.843. The Morgan fingerprint density at radius 3 is 2.58 bits per heavy atom. The van der Waals surface area contributed by atoms with Gasteiger partial charge in [0.15, 0.2) is 0 Å². The number of carbonyl (C=O) groups is 1. The van der Waals surface area contributed by atoms with Gasteiger partial charge >= 0.3 is 0 Å². The second-order valence-corrected chi connectivity index (χ2v) is 4.45. The molecule has 0 bridgehead atoms. The average molecular weight is 276 g/mol. The van der Waals surface area contributed by atoms with E-state index >= 15 is 0 Å². The van der Waals surface area contributed by atoms with E-state index in [1.807, 2.05) is 24.3 Å². The maximum atomic E-state index is 11.9. The summed E-state index contributed by atoms with van der Waals surface area (Å²) in [7, 11) is 0. The van der Waals surface area contributed by atoms with Crippen molar-refractivity contribution < 1.29 is 9.90 Å². The summed E-state index contributed by atoms with van der Waals surface area (Å²) in [6, 6.07) is 14.0. The van der Waals surface area contributed by atoms with Gasteiger partial charge in [0.25, 0.3) is 5.91 Å². The van der Waals surface area contributed by atoms with Crippen LogP contribution in [0.3, 0.4) is 0 Å². The van der Waals surface area contributed by atoms with E-state index in [0.717, 1.165) is 11.1 Å². The van der Waals surface area contributed by atoms with E-state index in [2.05, 4.69) is 5.32 Å². The van der Waals surface area contributed by atoms with Crippen LogP contribution in [0.1, 0.15) is 21.5 Å². The molecular weight excluding hydrogens is 262 g/mol. The Hall–Kier alpha value is -2.00. The van der Waals surface area contributed by atoms with Gasteiger partial charge < -0.3 is 10.4 Å². The summed E-state index contributed by atoms with van der Waals surface area (Å²) in [5.74, 6) is 0.318. The molecule has 2 aromatic carbocycles. The molecule has 2 aromatic rings. The van der Waals surface area contributed by atoms with Crippen molar-refractivity contribution in [2.24, 2.45) is 0 Å². The number of phenolic OH excluding ortho intramolecular Hbond substituents is 1. The third-order valence-electron chi connectivity index (χ3n) is 2.71. The molecule has 0 aliphatic carbocycles. The fourth-order valence-corrected chi connectivity index (χ4v) is 1.92. The summed E-state index contributed by atoms with van der Waals surface area (Å²) < 4.78 is 0. The van der Waals surface area contributed by atoms with Gasteiger partial charge in [-0.05, 0) is 29.3 Å². The van der Waals surface area contributed by atoms with Crippen LogP contribution in [0.25, 0.3) is 0 Å². The number of rotatable bonds is 4. The summed E-state index contributed by atoms with van der Waals surface area (Å²) in [5, 5.41) is 12.1. The first kappa shape index (κ1) is 13.4. The molecule has 0 fully saturated rings. The van der Waals surface area contributed by atoms with Crippen molar-refractivity contribution in [1.82, 2.24) is 5.32 Å². The molecule has 0 aliphatic rings. The third kappa shape index (κ3) is 3.73. The maximum absolute atomic E-state index is 11.9. The average Bonchev–Trinajstić information content (AvgIpc) is 2.45. The van der Waals surface area contributed by atoms with E-state index in [0.29, 0.717) is 18.0 Å². The molecule has 0 heterocycles. The molecule has 0 aliphatic heterocycles. The van der Waals surface area contributed by atoms with Crippen LogP contribution >= 0.6 is 11.6 Å². The minimum absolute atomic E-state index is 0.0804. The molecule has 1 amide bonds.